The van der Waals surface area contributed by atoms with E-state index in [2.05, 4.69) is 19.6 Å². The molecule has 0 radical (unpaired) electrons. The molecule has 0 bridgehead atoms. The summed E-state index contributed by atoms with van der Waals surface area (Å²) < 4.78 is 30.1. The van der Waals surface area contributed by atoms with E-state index < -0.39 is 25.8 Å². The molecule has 1 unspecified atom stereocenters. The standard InChI is InChI=1S/C18H29ClFNO4Si/c1-5-24-16(22)10-13(11-21)17-15(7-6-14(20)18(17)19)25-12-23-8-9-26(2,3)4/h6-7,13H,5,8-12,21H2,1-4H3. The fraction of sp³-hybridized carbons (Fsp3) is 0.611. The maximum absolute atomic E-state index is 13.9. The molecule has 0 heterocycles. The van der Waals surface area contributed by atoms with Crippen molar-refractivity contribution < 1.29 is 23.4 Å². The predicted molar refractivity (Wildman–Crippen MR) is 104 cm³/mol. The Bertz CT molecular complexity index is 595. The first kappa shape index (κ1) is 22.9. The van der Waals surface area contributed by atoms with Crippen LogP contribution in [-0.4, -0.2) is 40.6 Å². The third kappa shape index (κ3) is 7.61. The molecule has 0 aliphatic carbocycles. The summed E-state index contributed by atoms with van der Waals surface area (Å²) in [5.41, 5.74) is 6.16. The topological polar surface area (TPSA) is 70.8 Å². The van der Waals surface area contributed by atoms with Crippen LogP contribution in [0.15, 0.2) is 12.1 Å². The largest absolute Gasteiger partial charge is 0.467 e. The minimum absolute atomic E-state index is 0.000352. The highest BCUT2D eigenvalue weighted by molar-refractivity contribution is 6.76. The van der Waals surface area contributed by atoms with Crippen LogP contribution in [0.5, 0.6) is 5.75 Å². The Morgan fingerprint density at radius 2 is 2.04 bits per heavy atom. The number of benzene rings is 1. The molecule has 0 aliphatic heterocycles. The van der Waals surface area contributed by atoms with Crippen molar-refractivity contribution >= 4 is 25.6 Å². The molecular formula is C18H29ClFNO4Si. The molecule has 0 aromatic heterocycles. The first-order valence-electron chi connectivity index (χ1n) is 8.73. The molecule has 0 saturated heterocycles. The lowest BCUT2D eigenvalue weighted by atomic mass is 9.94. The van der Waals surface area contributed by atoms with Crippen molar-refractivity contribution in [3.63, 3.8) is 0 Å². The minimum atomic E-state index is -1.18. The van der Waals surface area contributed by atoms with Crippen molar-refractivity contribution in [1.82, 2.24) is 0 Å². The van der Waals surface area contributed by atoms with Gasteiger partial charge in [0.05, 0.1) is 18.1 Å². The number of hydrogen-bond donors (Lipinski definition) is 1. The van der Waals surface area contributed by atoms with Crippen LogP contribution in [0.25, 0.3) is 0 Å². The van der Waals surface area contributed by atoms with Crippen LogP contribution >= 0.6 is 11.6 Å². The van der Waals surface area contributed by atoms with Gasteiger partial charge >= 0.3 is 5.97 Å². The Hall–Kier alpha value is -1.15. The van der Waals surface area contributed by atoms with Crippen LogP contribution in [0.2, 0.25) is 30.7 Å². The summed E-state index contributed by atoms with van der Waals surface area (Å²) in [6.07, 6.45) is 0.000352. The summed E-state index contributed by atoms with van der Waals surface area (Å²) >= 11 is 6.13. The number of hydrogen-bond acceptors (Lipinski definition) is 5. The van der Waals surface area contributed by atoms with Gasteiger partial charge < -0.3 is 19.9 Å². The smallest absolute Gasteiger partial charge is 0.306 e. The van der Waals surface area contributed by atoms with Crippen LogP contribution in [0.3, 0.4) is 0 Å². The van der Waals surface area contributed by atoms with Crippen LogP contribution < -0.4 is 10.5 Å². The van der Waals surface area contributed by atoms with Crippen LogP contribution in [-0.2, 0) is 14.3 Å². The Kier molecular flexibility index (Phi) is 9.56. The van der Waals surface area contributed by atoms with Gasteiger partial charge in [-0.15, -0.1) is 0 Å². The second-order valence-electron chi connectivity index (χ2n) is 7.20. The number of halogens is 2. The lowest BCUT2D eigenvalue weighted by Crippen LogP contribution is -2.22. The van der Waals surface area contributed by atoms with E-state index in [1.807, 2.05) is 0 Å². The molecule has 8 heteroatoms. The summed E-state index contributed by atoms with van der Waals surface area (Å²) in [6, 6.07) is 3.72. The van der Waals surface area contributed by atoms with Gasteiger partial charge in [0.1, 0.15) is 11.6 Å². The van der Waals surface area contributed by atoms with Gasteiger partial charge in [-0.3, -0.25) is 4.79 Å². The molecule has 1 rings (SSSR count). The molecule has 0 amide bonds. The quantitative estimate of drug-likeness (QED) is 0.259. The number of nitrogens with two attached hydrogens (primary N) is 1. The summed E-state index contributed by atoms with van der Waals surface area (Å²) in [5.74, 6) is -1.14. The summed E-state index contributed by atoms with van der Waals surface area (Å²) in [6.45, 7) is 9.50. The van der Waals surface area contributed by atoms with Gasteiger partial charge in [0.25, 0.3) is 0 Å². The fourth-order valence-corrected chi connectivity index (χ4v) is 3.39. The maximum Gasteiger partial charge on any atom is 0.306 e. The Morgan fingerprint density at radius 1 is 1.35 bits per heavy atom. The minimum Gasteiger partial charge on any atom is -0.467 e. The van der Waals surface area contributed by atoms with Gasteiger partial charge in [-0.25, -0.2) is 4.39 Å². The van der Waals surface area contributed by atoms with Crippen molar-refractivity contribution in [3.05, 3.63) is 28.5 Å². The van der Waals surface area contributed by atoms with Crippen LogP contribution in [0.1, 0.15) is 24.8 Å². The highest BCUT2D eigenvalue weighted by Gasteiger charge is 2.24. The van der Waals surface area contributed by atoms with Crippen molar-refractivity contribution in [2.45, 2.75) is 44.9 Å². The van der Waals surface area contributed by atoms with Gasteiger partial charge in [0, 0.05) is 26.2 Å². The summed E-state index contributed by atoms with van der Waals surface area (Å²) in [7, 11) is -1.18. The van der Waals surface area contributed by atoms with E-state index in [0.29, 0.717) is 17.9 Å². The molecule has 0 fully saturated rings. The Morgan fingerprint density at radius 3 is 2.62 bits per heavy atom. The van der Waals surface area contributed by atoms with E-state index in [1.54, 1.807) is 6.92 Å². The molecule has 0 aliphatic rings. The van der Waals surface area contributed by atoms with Gasteiger partial charge in [0.2, 0.25) is 0 Å². The Balaban J connectivity index is 2.85. The molecule has 26 heavy (non-hydrogen) atoms. The van der Waals surface area contributed by atoms with E-state index in [9.17, 15) is 9.18 Å². The molecule has 5 nitrogen and oxygen atoms in total. The van der Waals surface area contributed by atoms with Crippen molar-refractivity contribution in [3.8, 4) is 5.75 Å². The van der Waals surface area contributed by atoms with Crippen molar-refractivity contribution in [2.75, 3.05) is 26.6 Å². The normalized spacial score (nSPS) is 12.7. The number of esters is 1. The van der Waals surface area contributed by atoms with Gasteiger partial charge in [0.15, 0.2) is 6.79 Å². The molecule has 0 spiro atoms. The maximum atomic E-state index is 13.9. The zero-order chi connectivity index (χ0) is 19.7. The monoisotopic (exact) mass is 405 g/mol. The zero-order valence-electron chi connectivity index (χ0n) is 15.9. The van der Waals surface area contributed by atoms with Crippen LogP contribution in [0.4, 0.5) is 4.39 Å². The molecular weight excluding hydrogens is 377 g/mol. The Labute approximate surface area is 161 Å². The average Bonchev–Trinajstić information content (AvgIpc) is 2.55. The molecule has 1 aromatic carbocycles. The van der Waals surface area contributed by atoms with Crippen LogP contribution in [0, 0.1) is 5.82 Å². The number of carbonyl (C=O) groups is 1. The third-order valence-corrected chi connectivity index (χ3v) is 5.89. The lowest BCUT2D eigenvalue weighted by Gasteiger charge is -2.21. The second-order valence-corrected chi connectivity index (χ2v) is 13.2. The van der Waals surface area contributed by atoms with Gasteiger partial charge in [-0.05, 0) is 31.6 Å². The lowest BCUT2D eigenvalue weighted by molar-refractivity contribution is -0.143. The van der Waals surface area contributed by atoms with Crippen molar-refractivity contribution in [1.29, 1.82) is 0 Å². The number of rotatable bonds is 11. The first-order valence-corrected chi connectivity index (χ1v) is 12.8. The second kappa shape index (κ2) is 10.9. The fourth-order valence-electron chi connectivity index (χ4n) is 2.32. The van der Waals surface area contributed by atoms with E-state index in [4.69, 9.17) is 31.5 Å². The van der Waals surface area contributed by atoms with E-state index in [-0.39, 0.29) is 31.4 Å². The summed E-state index contributed by atoms with van der Waals surface area (Å²) in [4.78, 5) is 11.8. The molecule has 2 N–H and O–H groups in total. The third-order valence-electron chi connectivity index (χ3n) is 3.80. The van der Waals surface area contributed by atoms with Crippen molar-refractivity contribution in [2.24, 2.45) is 5.73 Å². The molecule has 148 valence electrons. The molecule has 1 aromatic rings. The SMILES string of the molecule is CCOC(=O)CC(CN)c1c(OCOCC[Si](C)(C)C)ccc(F)c1Cl. The van der Waals surface area contributed by atoms with Gasteiger partial charge in [-0.1, -0.05) is 31.2 Å². The predicted octanol–water partition coefficient (Wildman–Crippen LogP) is 4.17. The number of ether oxygens (including phenoxy) is 3. The number of carbonyl (C=O) groups excluding carboxylic acids is 1. The highest BCUT2D eigenvalue weighted by Crippen LogP contribution is 2.37. The highest BCUT2D eigenvalue weighted by atomic mass is 35.5. The molecule has 1 atom stereocenters. The zero-order valence-corrected chi connectivity index (χ0v) is 17.7. The van der Waals surface area contributed by atoms with E-state index in [0.717, 1.165) is 6.04 Å². The first-order chi connectivity index (χ1) is 12.2. The van der Waals surface area contributed by atoms with E-state index >= 15 is 0 Å². The summed E-state index contributed by atoms with van der Waals surface area (Å²) in [5, 5.41) is -0.0932. The molecule has 0 saturated carbocycles. The average molecular weight is 406 g/mol. The van der Waals surface area contributed by atoms with E-state index in [1.165, 1.54) is 12.1 Å². The van der Waals surface area contributed by atoms with Gasteiger partial charge in [-0.2, -0.15) is 0 Å².